The average Bonchev–Trinajstić information content (AvgIpc) is 2.51. The Bertz CT molecular complexity index is 456. The highest BCUT2D eigenvalue weighted by Gasteiger charge is 2.36. The van der Waals surface area contributed by atoms with Crippen LogP contribution in [0, 0.1) is 11.8 Å². The smallest absolute Gasteiger partial charge is 0.330 e. The minimum atomic E-state index is -0.732. The second-order valence-electron chi connectivity index (χ2n) is 7.06. The highest BCUT2D eigenvalue weighted by atomic mass is 16.7. The molecule has 2 aliphatic heterocycles. The van der Waals surface area contributed by atoms with Crippen molar-refractivity contribution < 1.29 is 23.8 Å². The summed E-state index contributed by atoms with van der Waals surface area (Å²) in [5, 5.41) is 0. The SMILES string of the molecule is CC[C@@H]1C=CC(=O)O[C@@H]1[C@H](C)CC[C@@H]1C[C@@H](C=O)OC(C)(C)O1. The predicted molar refractivity (Wildman–Crippen MR) is 85.7 cm³/mol. The zero-order chi connectivity index (χ0) is 17.0. The van der Waals surface area contributed by atoms with E-state index in [1.54, 1.807) is 0 Å². The molecule has 5 heteroatoms. The van der Waals surface area contributed by atoms with Gasteiger partial charge in [-0.15, -0.1) is 0 Å². The van der Waals surface area contributed by atoms with E-state index >= 15 is 0 Å². The van der Waals surface area contributed by atoms with Crippen molar-refractivity contribution in [3.63, 3.8) is 0 Å². The number of carbonyl (C=O) groups excluding carboxylic acids is 2. The number of hydrogen-bond acceptors (Lipinski definition) is 5. The van der Waals surface area contributed by atoms with Crippen molar-refractivity contribution in [2.24, 2.45) is 11.8 Å². The molecule has 23 heavy (non-hydrogen) atoms. The molecule has 2 heterocycles. The van der Waals surface area contributed by atoms with Crippen LogP contribution in [0.3, 0.4) is 0 Å². The minimum Gasteiger partial charge on any atom is -0.458 e. The summed E-state index contributed by atoms with van der Waals surface area (Å²) in [7, 11) is 0. The fourth-order valence-electron chi connectivity index (χ4n) is 3.50. The van der Waals surface area contributed by atoms with Gasteiger partial charge in [-0.1, -0.05) is 19.9 Å². The van der Waals surface area contributed by atoms with E-state index < -0.39 is 11.9 Å². The van der Waals surface area contributed by atoms with E-state index in [1.165, 1.54) is 6.08 Å². The molecule has 0 aromatic carbocycles. The fourth-order valence-corrected chi connectivity index (χ4v) is 3.50. The van der Waals surface area contributed by atoms with Crippen LogP contribution in [0.1, 0.15) is 53.4 Å². The summed E-state index contributed by atoms with van der Waals surface area (Å²) >= 11 is 0. The van der Waals surface area contributed by atoms with Gasteiger partial charge in [0.15, 0.2) is 5.79 Å². The number of rotatable bonds is 6. The van der Waals surface area contributed by atoms with E-state index in [4.69, 9.17) is 14.2 Å². The second-order valence-corrected chi connectivity index (χ2v) is 7.06. The van der Waals surface area contributed by atoms with Gasteiger partial charge in [-0.3, -0.25) is 0 Å². The highest BCUT2D eigenvalue weighted by molar-refractivity contribution is 5.83. The van der Waals surface area contributed by atoms with E-state index in [-0.39, 0.29) is 30.0 Å². The number of ether oxygens (including phenoxy) is 3. The molecule has 2 rings (SSSR count). The van der Waals surface area contributed by atoms with Gasteiger partial charge in [0.1, 0.15) is 18.5 Å². The first kappa shape index (κ1) is 18.1. The molecule has 0 aromatic heterocycles. The van der Waals surface area contributed by atoms with Crippen LogP contribution in [0.25, 0.3) is 0 Å². The number of hydrogen-bond donors (Lipinski definition) is 0. The molecule has 0 aliphatic carbocycles. The molecule has 0 saturated carbocycles. The first-order valence-corrected chi connectivity index (χ1v) is 8.54. The van der Waals surface area contributed by atoms with Gasteiger partial charge in [0.2, 0.25) is 0 Å². The number of carbonyl (C=O) groups is 2. The van der Waals surface area contributed by atoms with Crippen LogP contribution >= 0.6 is 0 Å². The molecular formula is C18H28O5. The zero-order valence-electron chi connectivity index (χ0n) is 14.5. The van der Waals surface area contributed by atoms with Crippen molar-refractivity contribution in [3.05, 3.63) is 12.2 Å². The number of aldehydes is 1. The first-order chi connectivity index (χ1) is 10.8. The largest absolute Gasteiger partial charge is 0.458 e. The molecular weight excluding hydrogens is 296 g/mol. The van der Waals surface area contributed by atoms with Crippen LogP contribution in [0.2, 0.25) is 0 Å². The molecule has 0 spiro atoms. The Labute approximate surface area is 138 Å². The van der Waals surface area contributed by atoms with Crippen LogP contribution in [-0.4, -0.2) is 36.4 Å². The lowest BCUT2D eigenvalue weighted by atomic mass is 9.85. The monoisotopic (exact) mass is 324 g/mol. The molecule has 1 fully saturated rings. The van der Waals surface area contributed by atoms with Gasteiger partial charge in [-0.05, 0) is 39.0 Å². The third-order valence-corrected chi connectivity index (χ3v) is 4.66. The fraction of sp³-hybridized carbons (Fsp3) is 0.778. The molecule has 0 unspecified atom stereocenters. The zero-order valence-corrected chi connectivity index (χ0v) is 14.5. The van der Waals surface area contributed by atoms with E-state index in [1.807, 2.05) is 19.9 Å². The van der Waals surface area contributed by atoms with Crippen molar-refractivity contribution in [2.45, 2.75) is 77.5 Å². The number of cyclic esters (lactones) is 1. The van der Waals surface area contributed by atoms with Crippen LogP contribution in [-0.2, 0) is 23.8 Å². The predicted octanol–water partition coefficient (Wildman–Crippen LogP) is 3.02. The van der Waals surface area contributed by atoms with E-state index in [0.29, 0.717) is 6.42 Å². The molecule has 0 aromatic rings. The lowest BCUT2D eigenvalue weighted by Gasteiger charge is -2.39. The van der Waals surface area contributed by atoms with Crippen LogP contribution in [0.15, 0.2) is 12.2 Å². The van der Waals surface area contributed by atoms with Gasteiger partial charge in [-0.2, -0.15) is 0 Å². The summed E-state index contributed by atoms with van der Waals surface area (Å²) in [6.45, 7) is 7.88. The van der Waals surface area contributed by atoms with Gasteiger partial charge in [-0.25, -0.2) is 4.79 Å². The Morgan fingerprint density at radius 3 is 2.78 bits per heavy atom. The third kappa shape index (κ3) is 4.88. The van der Waals surface area contributed by atoms with E-state index in [0.717, 1.165) is 25.5 Å². The molecule has 2 aliphatic rings. The highest BCUT2D eigenvalue weighted by Crippen LogP contribution is 2.32. The topological polar surface area (TPSA) is 61.8 Å². The Hall–Kier alpha value is -1.20. The summed E-state index contributed by atoms with van der Waals surface area (Å²) in [5.74, 6) is -0.462. The lowest BCUT2D eigenvalue weighted by molar-refractivity contribution is -0.292. The first-order valence-electron chi connectivity index (χ1n) is 8.54. The Balaban J connectivity index is 1.90. The maximum Gasteiger partial charge on any atom is 0.330 e. The molecule has 0 N–H and O–H groups in total. The number of esters is 1. The molecule has 0 bridgehead atoms. The summed E-state index contributed by atoms with van der Waals surface area (Å²) in [6, 6.07) is 0. The Morgan fingerprint density at radius 2 is 2.13 bits per heavy atom. The van der Waals surface area contributed by atoms with E-state index in [2.05, 4.69) is 13.8 Å². The summed E-state index contributed by atoms with van der Waals surface area (Å²) in [6.07, 6.45) is 7.09. The molecule has 0 radical (unpaired) electrons. The van der Waals surface area contributed by atoms with Crippen molar-refractivity contribution in [3.8, 4) is 0 Å². The quantitative estimate of drug-likeness (QED) is 0.555. The van der Waals surface area contributed by atoms with Crippen LogP contribution in [0.5, 0.6) is 0 Å². The summed E-state index contributed by atoms with van der Waals surface area (Å²) < 4.78 is 17.0. The maximum absolute atomic E-state index is 11.5. The average molecular weight is 324 g/mol. The van der Waals surface area contributed by atoms with Crippen molar-refractivity contribution in [1.82, 2.24) is 0 Å². The second kappa shape index (κ2) is 7.58. The Kier molecular flexibility index (Phi) is 5.98. The van der Waals surface area contributed by atoms with Crippen molar-refractivity contribution in [2.75, 3.05) is 0 Å². The minimum absolute atomic E-state index is 0.00805. The summed E-state index contributed by atoms with van der Waals surface area (Å²) in [4.78, 5) is 22.6. The standard InChI is InChI=1S/C18H28O5/c1-5-13-7-9-16(20)21-17(13)12(2)6-8-14-10-15(11-19)23-18(3,4)22-14/h7,9,11-15,17H,5-6,8,10H2,1-4H3/t12-,13-,14-,15+,17-/m1/s1. The Morgan fingerprint density at radius 1 is 1.39 bits per heavy atom. The third-order valence-electron chi connectivity index (χ3n) is 4.66. The molecule has 1 saturated heterocycles. The van der Waals surface area contributed by atoms with Crippen LogP contribution < -0.4 is 0 Å². The van der Waals surface area contributed by atoms with Gasteiger partial charge >= 0.3 is 5.97 Å². The maximum atomic E-state index is 11.5. The van der Waals surface area contributed by atoms with Gasteiger partial charge < -0.3 is 19.0 Å². The van der Waals surface area contributed by atoms with E-state index in [9.17, 15) is 9.59 Å². The lowest BCUT2D eigenvalue weighted by Crippen LogP contribution is -2.45. The molecule has 130 valence electrons. The van der Waals surface area contributed by atoms with Crippen LogP contribution in [0.4, 0.5) is 0 Å². The summed E-state index contributed by atoms with van der Waals surface area (Å²) in [5.41, 5.74) is 0. The molecule has 0 amide bonds. The normalized spacial score (nSPS) is 34.7. The van der Waals surface area contributed by atoms with Gasteiger partial charge in [0.25, 0.3) is 0 Å². The molecule has 5 atom stereocenters. The van der Waals surface area contributed by atoms with Gasteiger partial charge in [0.05, 0.1) is 6.10 Å². The van der Waals surface area contributed by atoms with Crippen molar-refractivity contribution in [1.29, 1.82) is 0 Å². The van der Waals surface area contributed by atoms with Crippen molar-refractivity contribution >= 4 is 12.3 Å². The van der Waals surface area contributed by atoms with Gasteiger partial charge in [0, 0.05) is 18.4 Å². The molecule has 5 nitrogen and oxygen atoms in total.